The van der Waals surface area contributed by atoms with E-state index in [1.807, 2.05) is 45.0 Å². The highest BCUT2D eigenvalue weighted by atomic mass is 79.9. The lowest BCUT2D eigenvalue weighted by atomic mass is 9.85. The van der Waals surface area contributed by atoms with Crippen LogP contribution in [0.3, 0.4) is 0 Å². The maximum atomic E-state index is 12.5. The molecule has 0 unspecified atom stereocenters. The zero-order valence-electron chi connectivity index (χ0n) is 14.9. The van der Waals surface area contributed by atoms with Crippen LogP contribution >= 0.6 is 28.3 Å². The molecule has 25 heavy (non-hydrogen) atoms. The minimum absolute atomic E-state index is 0. The van der Waals surface area contributed by atoms with Crippen molar-refractivity contribution < 1.29 is 9.59 Å². The molecule has 1 atom stereocenters. The summed E-state index contributed by atoms with van der Waals surface area (Å²) in [4.78, 5) is 26.7. The number of carbonyl (C=O) groups excluding carboxylic acids is 2. The molecule has 0 radical (unpaired) electrons. The molecule has 1 heterocycles. The predicted octanol–water partition coefficient (Wildman–Crippen LogP) is 3.42. The number of carbonyl (C=O) groups is 2. The summed E-state index contributed by atoms with van der Waals surface area (Å²) in [6.07, 6.45) is 1.33. The number of piperidine rings is 1. The maximum absolute atomic E-state index is 12.5. The molecule has 0 aromatic heterocycles. The third-order valence-corrected chi connectivity index (χ3v) is 5.20. The van der Waals surface area contributed by atoms with Gasteiger partial charge < -0.3 is 16.0 Å². The highest BCUT2D eigenvalue weighted by Gasteiger charge is 2.34. The topological polar surface area (TPSA) is 75.4 Å². The van der Waals surface area contributed by atoms with E-state index in [9.17, 15) is 9.59 Å². The van der Waals surface area contributed by atoms with Crippen LogP contribution in [0.15, 0.2) is 28.7 Å². The standard InChI is InChI=1S/C18H26BrN3O2.ClH/c1-18(2,3)15(20)17(24)22-10-8-12(9-11-22)16(23)21-14-7-5-4-6-13(14)19;/h4-7,12,15H,8-11,20H2,1-3H3,(H,21,23);1H/t15-;/m1./s1. The Morgan fingerprint density at radius 3 is 2.32 bits per heavy atom. The predicted molar refractivity (Wildman–Crippen MR) is 107 cm³/mol. The Morgan fingerprint density at radius 2 is 1.80 bits per heavy atom. The van der Waals surface area contributed by atoms with Crippen molar-refractivity contribution >= 4 is 45.8 Å². The molecule has 140 valence electrons. The zero-order chi connectivity index (χ0) is 17.9. The smallest absolute Gasteiger partial charge is 0.240 e. The summed E-state index contributed by atoms with van der Waals surface area (Å²) in [6, 6.07) is 7.04. The average Bonchev–Trinajstić information content (AvgIpc) is 2.55. The lowest BCUT2D eigenvalue weighted by molar-refractivity contribution is -0.137. The van der Waals surface area contributed by atoms with E-state index in [2.05, 4.69) is 21.2 Å². The molecule has 7 heteroatoms. The molecular formula is C18H27BrClN3O2. The van der Waals surface area contributed by atoms with Crippen LogP contribution in [0.25, 0.3) is 0 Å². The second-order valence-electron chi connectivity index (χ2n) is 7.41. The van der Waals surface area contributed by atoms with Crippen molar-refractivity contribution in [1.29, 1.82) is 0 Å². The number of rotatable bonds is 3. The van der Waals surface area contributed by atoms with Crippen LogP contribution in [0.1, 0.15) is 33.6 Å². The summed E-state index contributed by atoms with van der Waals surface area (Å²) in [7, 11) is 0. The molecule has 0 aliphatic carbocycles. The van der Waals surface area contributed by atoms with E-state index in [1.54, 1.807) is 4.90 Å². The Balaban J connectivity index is 0.00000312. The van der Waals surface area contributed by atoms with E-state index in [-0.39, 0.29) is 35.6 Å². The number of hydrogen-bond donors (Lipinski definition) is 2. The van der Waals surface area contributed by atoms with Crippen LogP contribution in [-0.4, -0.2) is 35.8 Å². The Morgan fingerprint density at radius 1 is 1.24 bits per heavy atom. The molecular weight excluding hydrogens is 406 g/mol. The number of amides is 2. The van der Waals surface area contributed by atoms with Crippen LogP contribution < -0.4 is 11.1 Å². The second-order valence-corrected chi connectivity index (χ2v) is 8.27. The van der Waals surface area contributed by atoms with Crippen LogP contribution in [0, 0.1) is 11.3 Å². The normalized spacial score (nSPS) is 16.8. The zero-order valence-corrected chi connectivity index (χ0v) is 17.3. The molecule has 1 aromatic carbocycles. The lowest BCUT2D eigenvalue weighted by Crippen LogP contribution is -2.53. The third-order valence-electron chi connectivity index (χ3n) is 4.51. The number of likely N-dealkylation sites (tertiary alicyclic amines) is 1. The molecule has 1 aliphatic heterocycles. The van der Waals surface area contributed by atoms with E-state index < -0.39 is 6.04 Å². The van der Waals surface area contributed by atoms with Crippen molar-refractivity contribution in [1.82, 2.24) is 4.90 Å². The first-order valence-corrected chi connectivity index (χ1v) is 9.09. The molecule has 2 rings (SSSR count). The van der Waals surface area contributed by atoms with Gasteiger partial charge >= 0.3 is 0 Å². The molecule has 0 saturated carbocycles. The van der Waals surface area contributed by atoms with Crippen molar-refractivity contribution in [2.45, 2.75) is 39.7 Å². The lowest BCUT2D eigenvalue weighted by Gasteiger charge is -2.36. The van der Waals surface area contributed by atoms with E-state index >= 15 is 0 Å². The van der Waals surface area contributed by atoms with E-state index in [4.69, 9.17) is 5.73 Å². The van der Waals surface area contributed by atoms with Gasteiger partial charge in [0.15, 0.2) is 0 Å². The van der Waals surface area contributed by atoms with Crippen LogP contribution in [-0.2, 0) is 9.59 Å². The molecule has 1 aromatic rings. The van der Waals surface area contributed by atoms with Gasteiger partial charge in [-0.3, -0.25) is 9.59 Å². The van der Waals surface area contributed by atoms with Crippen LogP contribution in [0.4, 0.5) is 5.69 Å². The molecule has 0 bridgehead atoms. The second kappa shape index (κ2) is 9.01. The van der Waals surface area contributed by atoms with Gasteiger partial charge in [0, 0.05) is 23.5 Å². The van der Waals surface area contributed by atoms with Gasteiger partial charge in [-0.05, 0) is 46.3 Å². The Bertz CT molecular complexity index is 611. The first-order valence-electron chi connectivity index (χ1n) is 8.30. The van der Waals surface area contributed by atoms with Crippen molar-refractivity contribution in [2.24, 2.45) is 17.1 Å². The van der Waals surface area contributed by atoms with Gasteiger partial charge in [0.05, 0.1) is 11.7 Å². The van der Waals surface area contributed by atoms with Gasteiger partial charge in [-0.15, -0.1) is 12.4 Å². The quantitative estimate of drug-likeness (QED) is 0.768. The number of hydrogen-bond acceptors (Lipinski definition) is 3. The fourth-order valence-electron chi connectivity index (χ4n) is 2.73. The molecule has 3 N–H and O–H groups in total. The number of nitrogens with two attached hydrogens (primary N) is 1. The summed E-state index contributed by atoms with van der Waals surface area (Å²) in [6.45, 7) is 7.06. The Kier molecular flexibility index (Phi) is 7.90. The summed E-state index contributed by atoms with van der Waals surface area (Å²) in [5, 5.41) is 2.96. The number of anilines is 1. The van der Waals surface area contributed by atoms with E-state index in [1.165, 1.54) is 0 Å². The Hall–Kier alpha value is -1.11. The maximum Gasteiger partial charge on any atom is 0.240 e. The third kappa shape index (κ3) is 5.69. The van der Waals surface area contributed by atoms with E-state index in [0.717, 1.165) is 10.2 Å². The summed E-state index contributed by atoms with van der Waals surface area (Å²) in [5.74, 6) is -0.0895. The summed E-state index contributed by atoms with van der Waals surface area (Å²) < 4.78 is 0.863. The van der Waals surface area contributed by atoms with Crippen molar-refractivity contribution in [3.63, 3.8) is 0 Å². The van der Waals surface area contributed by atoms with Crippen molar-refractivity contribution in [3.05, 3.63) is 28.7 Å². The minimum Gasteiger partial charge on any atom is -0.341 e. The highest BCUT2D eigenvalue weighted by Crippen LogP contribution is 2.26. The summed E-state index contributed by atoms with van der Waals surface area (Å²) in [5.41, 5.74) is 6.58. The number of benzene rings is 1. The largest absolute Gasteiger partial charge is 0.341 e. The molecule has 5 nitrogen and oxygen atoms in total. The SMILES string of the molecule is CC(C)(C)[C@H](N)C(=O)N1CCC(C(=O)Nc2ccccc2Br)CC1.Cl. The minimum atomic E-state index is -0.511. The van der Waals surface area contributed by atoms with Crippen LogP contribution in [0.2, 0.25) is 0 Å². The molecule has 1 fully saturated rings. The highest BCUT2D eigenvalue weighted by molar-refractivity contribution is 9.10. The number of para-hydroxylation sites is 1. The number of nitrogens with zero attached hydrogens (tertiary/aromatic N) is 1. The van der Waals surface area contributed by atoms with Gasteiger partial charge in [0.1, 0.15) is 0 Å². The number of nitrogens with one attached hydrogen (secondary N) is 1. The fraction of sp³-hybridized carbons (Fsp3) is 0.556. The average molecular weight is 433 g/mol. The summed E-state index contributed by atoms with van der Waals surface area (Å²) >= 11 is 3.43. The molecule has 1 aliphatic rings. The van der Waals surface area contributed by atoms with Gasteiger partial charge in [0.25, 0.3) is 0 Å². The van der Waals surface area contributed by atoms with Crippen molar-refractivity contribution in [3.8, 4) is 0 Å². The van der Waals surface area contributed by atoms with E-state index in [0.29, 0.717) is 25.9 Å². The van der Waals surface area contributed by atoms with Crippen molar-refractivity contribution in [2.75, 3.05) is 18.4 Å². The van der Waals surface area contributed by atoms with Gasteiger partial charge in [-0.2, -0.15) is 0 Å². The molecule has 2 amide bonds. The van der Waals surface area contributed by atoms with Gasteiger partial charge in [0.2, 0.25) is 11.8 Å². The fourth-order valence-corrected chi connectivity index (χ4v) is 3.11. The molecule has 0 spiro atoms. The molecule has 1 saturated heterocycles. The van der Waals surface area contributed by atoms with Gasteiger partial charge in [-0.1, -0.05) is 32.9 Å². The first kappa shape index (κ1) is 21.9. The monoisotopic (exact) mass is 431 g/mol. The van der Waals surface area contributed by atoms with Crippen LogP contribution in [0.5, 0.6) is 0 Å². The first-order chi connectivity index (χ1) is 11.2. The number of halogens is 2. The van der Waals surface area contributed by atoms with Gasteiger partial charge in [-0.25, -0.2) is 0 Å². The Labute approximate surface area is 164 Å².